The van der Waals surface area contributed by atoms with Crippen molar-refractivity contribution >= 4 is 34.1 Å². The van der Waals surface area contributed by atoms with E-state index in [0.717, 1.165) is 18.9 Å². The summed E-state index contributed by atoms with van der Waals surface area (Å²) in [5.41, 5.74) is 2.35. The molecule has 1 aromatic carbocycles. The van der Waals surface area contributed by atoms with Crippen molar-refractivity contribution in [2.75, 3.05) is 44.0 Å². The predicted molar refractivity (Wildman–Crippen MR) is 155 cm³/mol. The zero-order valence-electron chi connectivity index (χ0n) is 24.6. The molecule has 0 saturated carbocycles. The summed E-state index contributed by atoms with van der Waals surface area (Å²) in [7, 11) is 1.55. The molecular formula is C29H29ClF7N7O2. The van der Waals surface area contributed by atoms with Crippen molar-refractivity contribution < 1.29 is 40.2 Å². The van der Waals surface area contributed by atoms with E-state index in [-0.39, 0.29) is 78.7 Å². The van der Waals surface area contributed by atoms with E-state index < -0.39 is 57.5 Å². The summed E-state index contributed by atoms with van der Waals surface area (Å²) in [6, 6.07) is -0.175. The first-order chi connectivity index (χ1) is 21.6. The average molecular weight is 676 g/mol. The van der Waals surface area contributed by atoms with Crippen LogP contribution in [0.5, 0.6) is 11.8 Å². The molecule has 3 N–H and O–H groups in total. The zero-order valence-corrected chi connectivity index (χ0v) is 25.3. The van der Waals surface area contributed by atoms with E-state index >= 15 is 4.39 Å². The normalized spacial score (nSPS) is 26.3. The van der Waals surface area contributed by atoms with Crippen LogP contribution in [-0.2, 0) is 6.18 Å². The molecule has 2 aromatic heterocycles. The highest BCUT2D eigenvalue weighted by molar-refractivity contribution is 6.36. The number of halogens is 8. The van der Waals surface area contributed by atoms with E-state index in [1.807, 2.05) is 4.90 Å². The van der Waals surface area contributed by atoms with Crippen molar-refractivity contribution in [3.05, 3.63) is 28.0 Å². The molecule has 0 aliphatic carbocycles. The highest BCUT2D eigenvalue weighted by atomic mass is 35.5. The summed E-state index contributed by atoms with van der Waals surface area (Å²) in [6.45, 7) is 1.25. The number of pyridine rings is 1. The second-order valence-electron chi connectivity index (χ2n) is 12.4. The Hall–Kier alpha value is -3.37. The number of ether oxygens (including phenoxy) is 2. The lowest BCUT2D eigenvalue weighted by Gasteiger charge is -2.40. The van der Waals surface area contributed by atoms with Gasteiger partial charge in [-0.1, -0.05) is 11.6 Å². The maximum Gasteiger partial charge on any atom is 0.418 e. The Labute approximate surface area is 263 Å². The summed E-state index contributed by atoms with van der Waals surface area (Å²) < 4.78 is 112. The van der Waals surface area contributed by atoms with Crippen molar-refractivity contribution in [3.63, 3.8) is 0 Å². The standard InChI is InChI=1S/C29H29ClF7N7O2/c1-11-5-17(38)40-23(20(11)29(35,36)37)18-21(30)25-19-24(22(18)31)41-27(46-9-14-6-12(7-43(14)2)28(32,33)34)42-26(19)44-8-13-3-4-15(39-13)16(44)10-45-25/h5,12-16,39H,3-4,6-10H2,1-2H3,(H2,38,40). The maximum atomic E-state index is 16.8. The number of alkyl halides is 6. The van der Waals surface area contributed by atoms with E-state index in [1.54, 1.807) is 7.05 Å². The van der Waals surface area contributed by atoms with Crippen LogP contribution in [0.15, 0.2) is 6.07 Å². The number of benzene rings is 1. The first-order valence-corrected chi connectivity index (χ1v) is 15.1. The number of piperazine rings is 1. The molecule has 0 spiro atoms. The van der Waals surface area contributed by atoms with Gasteiger partial charge in [-0.15, -0.1) is 0 Å². The van der Waals surface area contributed by atoms with E-state index in [9.17, 15) is 26.3 Å². The third-order valence-electron chi connectivity index (χ3n) is 9.48. The number of nitrogens with two attached hydrogens (primary N) is 1. The Kier molecular flexibility index (Phi) is 7.36. The molecule has 5 unspecified atom stereocenters. The molecule has 4 aliphatic heterocycles. The van der Waals surface area contributed by atoms with Gasteiger partial charge in [0.25, 0.3) is 0 Å². The molecule has 0 amide bonds. The van der Waals surface area contributed by atoms with Crippen LogP contribution >= 0.6 is 11.6 Å². The largest absolute Gasteiger partial charge is 0.489 e. The molecule has 3 aromatic rings. The van der Waals surface area contributed by atoms with Gasteiger partial charge in [0.2, 0.25) is 0 Å². The number of nitrogens with one attached hydrogen (secondary N) is 1. The van der Waals surface area contributed by atoms with Crippen LogP contribution in [0.3, 0.4) is 0 Å². The number of rotatable bonds is 4. The van der Waals surface area contributed by atoms with Gasteiger partial charge in [-0.05, 0) is 44.9 Å². The number of likely N-dealkylation sites (N-methyl/N-ethyl adjacent to an activating group) is 1. The molecule has 3 fully saturated rings. The lowest BCUT2D eigenvalue weighted by molar-refractivity contribution is -0.170. The summed E-state index contributed by atoms with van der Waals surface area (Å²) in [5, 5.41) is 3.12. The first-order valence-electron chi connectivity index (χ1n) is 14.7. The van der Waals surface area contributed by atoms with Crippen LogP contribution < -0.4 is 25.4 Å². The second kappa shape index (κ2) is 10.8. The Morgan fingerprint density at radius 2 is 1.89 bits per heavy atom. The van der Waals surface area contributed by atoms with Crippen LogP contribution in [0, 0.1) is 18.7 Å². The summed E-state index contributed by atoms with van der Waals surface area (Å²) >= 11 is 6.73. The second-order valence-corrected chi connectivity index (χ2v) is 12.8. The van der Waals surface area contributed by atoms with Crippen molar-refractivity contribution in [2.45, 2.75) is 62.7 Å². The molecule has 9 nitrogen and oxygen atoms in total. The molecule has 6 heterocycles. The molecule has 3 saturated heterocycles. The SMILES string of the molecule is Cc1cc(N)nc(-c2c(Cl)c3c4c(nc(OCC5CC(C(F)(F)F)CN5C)nc4c2F)N2CC4CCC(N4)C2CO3)c1C(F)(F)F. The zero-order chi connectivity index (χ0) is 32.9. The number of nitrogen functional groups attached to an aromatic ring is 1. The molecule has 248 valence electrons. The highest BCUT2D eigenvalue weighted by Crippen LogP contribution is 2.51. The van der Waals surface area contributed by atoms with Crippen LogP contribution in [0.2, 0.25) is 5.02 Å². The minimum absolute atomic E-state index is 0.0213. The van der Waals surface area contributed by atoms with E-state index in [0.29, 0.717) is 6.54 Å². The van der Waals surface area contributed by atoms with Crippen molar-refractivity contribution in [2.24, 2.45) is 5.92 Å². The highest BCUT2D eigenvalue weighted by Gasteiger charge is 2.48. The van der Waals surface area contributed by atoms with E-state index in [4.69, 9.17) is 26.8 Å². The lowest BCUT2D eigenvalue weighted by Crippen LogP contribution is -2.60. The number of hydrogen-bond acceptors (Lipinski definition) is 9. The molecular weight excluding hydrogens is 647 g/mol. The Balaban J connectivity index is 1.40. The van der Waals surface area contributed by atoms with Crippen molar-refractivity contribution in [3.8, 4) is 23.0 Å². The van der Waals surface area contributed by atoms with Gasteiger partial charge in [0.1, 0.15) is 30.4 Å². The number of nitrogens with zero attached hydrogens (tertiary/aromatic N) is 5. The summed E-state index contributed by atoms with van der Waals surface area (Å²) in [5.74, 6) is -2.95. The van der Waals surface area contributed by atoms with Gasteiger partial charge in [-0.3, -0.25) is 4.90 Å². The fourth-order valence-electron chi connectivity index (χ4n) is 7.28. The van der Waals surface area contributed by atoms with E-state index in [2.05, 4.69) is 20.3 Å². The Morgan fingerprint density at radius 1 is 1.13 bits per heavy atom. The van der Waals surface area contributed by atoms with Gasteiger partial charge in [0.05, 0.1) is 39.2 Å². The quantitative estimate of drug-likeness (QED) is 0.354. The molecule has 17 heteroatoms. The smallest absolute Gasteiger partial charge is 0.418 e. The van der Waals surface area contributed by atoms with Gasteiger partial charge >= 0.3 is 18.4 Å². The molecule has 4 aliphatic rings. The van der Waals surface area contributed by atoms with E-state index in [1.165, 1.54) is 11.8 Å². The Bertz CT molecular complexity index is 1720. The van der Waals surface area contributed by atoms with Crippen molar-refractivity contribution in [1.29, 1.82) is 0 Å². The van der Waals surface area contributed by atoms with Gasteiger partial charge in [-0.2, -0.15) is 36.3 Å². The molecule has 46 heavy (non-hydrogen) atoms. The maximum absolute atomic E-state index is 16.8. The van der Waals surface area contributed by atoms with Crippen LogP contribution in [0.1, 0.15) is 30.4 Å². The van der Waals surface area contributed by atoms with Crippen LogP contribution in [0.4, 0.5) is 42.4 Å². The minimum Gasteiger partial charge on any atom is -0.489 e. The van der Waals surface area contributed by atoms with Crippen LogP contribution in [-0.4, -0.2) is 83.5 Å². The third kappa shape index (κ3) is 5.12. The fourth-order valence-corrected chi connectivity index (χ4v) is 7.60. The molecule has 0 radical (unpaired) electrons. The summed E-state index contributed by atoms with van der Waals surface area (Å²) in [4.78, 5) is 16.2. The third-order valence-corrected chi connectivity index (χ3v) is 9.84. The van der Waals surface area contributed by atoms with Gasteiger partial charge in [0, 0.05) is 31.2 Å². The number of anilines is 2. The molecule has 5 atom stereocenters. The number of likely N-dealkylation sites (tertiary alicyclic amines) is 1. The number of aryl methyl sites for hydroxylation is 1. The monoisotopic (exact) mass is 675 g/mol. The molecule has 2 bridgehead atoms. The number of hydrogen-bond donors (Lipinski definition) is 2. The fraction of sp³-hybridized carbons (Fsp3) is 0.552. The van der Waals surface area contributed by atoms with Crippen LogP contribution in [0.25, 0.3) is 22.2 Å². The predicted octanol–water partition coefficient (Wildman–Crippen LogP) is 5.36. The van der Waals surface area contributed by atoms with Gasteiger partial charge in [-0.25, -0.2) is 9.37 Å². The minimum atomic E-state index is -4.95. The van der Waals surface area contributed by atoms with Crippen molar-refractivity contribution in [1.82, 2.24) is 25.2 Å². The van der Waals surface area contributed by atoms with Gasteiger partial charge < -0.3 is 25.4 Å². The topological polar surface area (TPSA) is 102 Å². The first kappa shape index (κ1) is 31.2. The number of fused-ring (bicyclic) bond motifs is 5. The lowest BCUT2D eigenvalue weighted by atomic mass is 9.98. The summed E-state index contributed by atoms with van der Waals surface area (Å²) in [6.07, 6.45) is -7.83. The average Bonchev–Trinajstić information content (AvgIpc) is 3.48. The van der Waals surface area contributed by atoms with Gasteiger partial charge in [0.15, 0.2) is 11.6 Å². The molecule has 7 rings (SSSR count). The Morgan fingerprint density at radius 3 is 2.59 bits per heavy atom. The number of aromatic nitrogens is 3.